The number of benzene rings is 1. The summed E-state index contributed by atoms with van der Waals surface area (Å²) in [6.07, 6.45) is 6.21. The molecular formula is C17H23Cl. The van der Waals surface area contributed by atoms with Crippen LogP contribution in [0.25, 0.3) is 0 Å². The van der Waals surface area contributed by atoms with Gasteiger partial charge in [0.05, 0.1) is 0 Å². The van der Waals surface area contributed by atoms with Crippen LogP contribution in [-0.2, 0) is 6.42 Å². The molecule has 0 nitrogen and oxygen atoms in total. The van der Waals surface area contributed by atoms with Gasteiger partial charge in [-0.15, -0.1) is 0 Å². The Morgan fingerprint density at radius 2 is 1.83 bits per heavy atom. The Morgan fingerprint density at radius 1 is 1.22 bits per heavy atom. The van der Waals surface area contributed by atoms with Gasteiger partial charge in [0.1, 0.15) is 0 Å². The molecule has 0 N–H and O–H groups in total. The van der Waals surface area contributed by atoms with Crippen molar-refractivity contribution in [2.45, 2.75) is 46.0 Å². The van der Waals surface area contributed by atoms with E-state index in [1.165, 1.54) is 36.8 Å². The SMILES string of the molecule is C=C1C(Cc2ccc(Cl)cc2)CCC1(CC)CC. The quantitative estimate of drug-likeness (QED) is 0.615. The first kappa shape index (κ1) is 13.7. The fraction of sp³-hybridized carbons (Fsp3) is 0.529. The summed E-state index contributed by atoms with van der Waals surface area (Å²) in [4.78, 5) is 0. The molecule has 2 rings (SSSR count). The molecule has 98 valence electrons. The molecule has 0 bridgehead atoms. The third-order valence-electron chi connectivity index (χ3n) is 4.89. The minimum Gasteiger partial charge on any atom is -0.0990 e. The van der Waals surface area contributed by atoms with Gasteiger partial charge in [-0.25, -0.2) is 0 Å². The molecule has 1 aliphatic carbocycles. The highest BCUT2D eigenvalue weighted by Crippen LogP contribution is 2.51. The number of hydrogen-bond acceptors (Lipinski definition) is 0. The van der Waals surface area contributed by atoms with Crippen LogP contribution in [-0.4, -0.2) is 0 Å². The third kappa shape index (κ3) is 2.49. The average molecular weight is 263 g/mol. The summed E-state index contributed by atoms with van der Waals surface area (Å²) < 4.78 is 0. The fourth-order valence-electron chi connectivity index (χ4n) is 3.41. The van der Waals surface area contributed by atoms with Gasteiger partial charge in [0.15, 0.2) is 0 Å². The van der Waals surface area contributed by atoms with Crippen LogP contribution in [0.4, 0.5) is 0 Å². The van der Waals surface area contributed by atoms with Gasteiger partial charge in [-0.2, -0.15) is 0 Å². The molecule has 1 atom stereocenters. The standard InChI is InChI=1S/C17H23Cl/c1-4-17(5-2)11-10-15(13(17)3)12-14-6-8-16(18)9-7-14/h6-9,15H,3-5,10-12H2,1-2H3. The highest BCUT2D eigenvalue weighted by Gasteiger charge is 2.39. The van der Waals surface area contributed by atoms with E-state index in [4.69, 9.17) is 11.6 Å². The molecule has 0 heterocycles. The molecule has 1 unspecified atom stereocenters. The van der Waals surface area contributed by atoms with Crippen LogP contribution < -0.4 is 0 Å². The lowest BCUT2D eigenvalue weighted by atomic mass is 9.76. The van der Waals surface area contributed by atoms with E-state index in [0.29, 0.717) is 11.3 Å². The lowest BCUT2D eigenvalue weighted by Gasteiger charge is -2.29. The van der Waals surface area contributed by atoms with E-state index in [9.17, 15) is 0 Å². The van der Waals surface area contributed by atoms with E-state index < -0.39 is 0 Å². The fourth-order valence-corrected chi connectivity index (χ4v) is 3.53. The van der Waals surface area contributed by atoms with Gasteiger partial charge in [0, 0.05) is 5.02 Å². The van der Waals surface area contributed by atoms with Crippen LogP contribution in [0.5, 0.6) is 0 Å². The van der Waals surface area contributed by atoms with Crippen LogP contribution in [0.3, 0.4) is 0 Å². The molecule has 0 amide bonds. The predicted octanol–water partition coefficient (Wildman–Crippen LogP) is 5.66. The Bertz CT molecular complexity index is 412. The van der Waals surface area contributed by atoms with Crippen molar-refractivity contribution >= 4 is 11.6 Å². The zero-order valence-electron chi connectivity index (χ0n) is 11.5. The Hall–Kier alpha value is -0.750. The molecule has 0 spiro atoms. The van der Waals surface area contributed by atoms with Crippen molar-refractivity contribution in [1.82, 2.24) is 0 Å². The minimum atomic E-state index is 0.414. The monoisotopic (exact) mass is 262 g/mol. The van der Waals surface area contributed by atoms with Crippen molar-refractivity contribution < 1.29 is 0 Å². The third-order valence-corrected chi connectivity index (χ3v) is 5.15. The molecular weight excluding hydrogens is 240 g/mol. The summed E-state index contributed by atoms with van der Waals surface area (Å²) in [5, 5.41) is 0.820. The molecule has 1 aromatic rings. The maximum atomic E-state index is 5.93. The zero-order valence-corrected chi connectivity index (χ0v) is 12.3. The van der Waals surface area contributed by atoms with Gasteiger partial charge < -0.3 is 0 Å². The van der Waals surface area contributed by atoms with Crippen molar-refractivity contribution in [3.63, 3.8) is 0 Å². The van der Waals surface area contributed by atoms with E-state index in [1.807, 2.05) is 12.1 Å². The zero-order chi connectivity index (χ0) is 13.2. The molecule has 1 fully saturated rings. The maximum Gasteiger partial charge on any atom is 0.0406 e. The highest BCUT2D eigenvalue weighted by molar-refractivity contribution is 6.30. The second kappa shape index (κ2) is 5.48. The summed E-state index contributed by atoms with van der Waals surface area (Å²) >= 11 is 5.93. The van der Waals surface area contributed by atoms with Gasteiger partial charge in [-0.3, -0.25) is 0 Å². The molecule has 0 radical (unpaired) electrons. The lowest BCUT2D eigenvalue weighted by molar-refractivity contribution is 0.338. The molecule has 18 heavy (non-hydrogen) atoms. The van der Waals surface area contributed by atoms with Crippen molar-refractivity contribution in [3.8, 4) is 0 Å². The molecule has 0 aromatic heterocycles. The normalized spacial score (nSPS) is 22.4. The Balaban J connectivity index is 2.08. The minimum absolute atomic E-state index is 0.414. The smallest absolute Gasteiger partial charge is 0.0406 e. The summed E-state index contributed by atoms with van der Waals surface area (Å²) in [6, 6.07) is 8.27. The van der Waals surface area contributed by atoms with Crippen molar-refractivity contribution in [2.24, 2.45) is 11.3 Å². The van der Waals surface area contributed by atoms with Gasteiger partial charge in [-0.05, 0) is 61.1 Å². The molecule has 1 heteroatoms. The first-order valence-corrected chi connectivity index (χ1v) is 7.43. The van der Waals surface area contributed by atoms with E-state index in [-0.39, 0.29) is 0 Å². The van der Waals surface area contributed by atoms with Gasteiger partial charge in [0.2, 0.25) is 0 Å². The number of rotatable bonds is 4. The van der Waals surface area contributed by atoms with Crippen LogP contribution in [0, 0.1) is 11.3 Å². The molecule has 1 aliphatic rings. The molecule has 0 aliphatic heterocycles. The number of allylic oxidation sites excluding steroid dienone is 1. The first-order chi connectivity index (χ1) is 8.61. The van der Waals surface area contributed by atoms with Crippen molar-refractivity contribution in [3.05, 3.63) is 47.0 Å². The maximum absolute atomic E-state index is 5.93. The summed E-state index contributed by atoms with van der Waals surface area (Å²) in [7, 11) is 0. The summed E-state index contributed by atoms with van der Waals surface area (Å²) in [5.41, 5.74) is 3.29. The number of halogens is 1. The van der Waals surface area contributed by atoms with Crippen LogP contribution >= 0.6 is 11.6 Å². The van der Waals surface area contributed by atoms with Crippen LogP contribution in [0.2, 0.25) is 5.02 Å². The summed E-state index contributed by atoms with van der Waals surface area (Å²) in [6.45, 7) is 9.03. The molecule has 1 aromatic carbocycles. The largest absolute Gasteiger partial charge is 0.0990 e. The Kier molecular flexibility index (Phi) is 4.17. The van der Waals surface area contributed by atoms with E-state index in [0.717, 1.165) is 11.4 Å². The lowest BCUT2D eigenvalue weighted by Crippen LogP contribution is -2.18. The first-order valence-electron chi connectivity index (χ1n) is 7.05. The highest BCUT2D eigenvalue weighted by atomic mass is 35.5. The Labute approximate surface area is 116 Å². The van der Waals surface area contributed by atoms with E-state index in [1.54, 1.807) is 0 Å². The van der Waals surface area contributed by atoms with E-state index >= 15 is 0 Å². The van der Waals surface area contributed by atoms with Gasteiger partial charge in [-0.1, -0.05) is 49.7 Å². The molecule has 1 saturated carbocycles. The van der Waals surface area contributed by atoms with Crippen molar-refractivity contribution in [1.29, 1.82) is 0 Å². The van der Waals surface area contributed by atoms with E-state index in [2.05, 4.69) is 32.6 Å². The van der Waals surface area contributed by atoms with Crippen LogP contribution in [0.15, 0.2) is 36.4 Å². The predicted molar refractivity (Wildman–Crippen MR) is 80.0 cm³/mol. The second-order valence-electron chi connectivity index (χ2n) is 5.58. The van der Waals surface area contributed by atoms with Gasteiger partial charge in [0.25, 0.3) is 0 Å². The van der Waals surface area contributed by atoms with Crippen molar-refractivity contribution in [2.75, 3.05) is 0 Å². The van der Waals surface area contributed by atoms with Crippen LogP contribution in [0.1, 0.15) is 45.1 Å². The second-order valence-corrected chi connectivity index (χ2v) is 6.02. The average Bonchev–Trinajstić information content (AvgIpc) is 2.70. The summed E-state index contributed by atoms with van der Waals surface area (Å²) in [5.74, 6) is 0.658. The Morgan fingerprint density at radius 3 is 2.33 bits per heavy atom. The van der Waals surface area contributed by atoms with Gasteiger partial charge >= 0.3 is 0 Å². The topological polar surface area (TPSA) is 0 Å². The molecule has 0 saturated heterocycles. The number of hydrogen-bond donors (Lipinski definition) is 0.